The molecule has 1 N–H and O–H groups in total. The summed E-state index contributed by atoms with van der Waals surface area (Å²) >= 11 is 0. The molecule has 0 aromatic carbocycles. The molecule has 31 heavy (non-hydrogen) atoms. The van der Waals surface area contributed by atoms with Crippen LogP contribution in [0.25, 0.3) is 0 Å². The largest absolute Gasteiger partial charge is 0.490 e. The highest BCUT2D eigenvalue weighted by Gasteiger charge is 2.38. The number of nitrogens with zero attached hydrogens (tertiary/aromatic N) is 5. The van der Waals surface area contributed by atoms with Gasteiger partial charge in [-0.15, -0.1) is 0 Å². The summed E-state index contributed by atoms with van der Waals surface area (Å²) in [6, 6.07) is 0.424. The summed E-state index contributed by atoms with van der Waals surface area (Å²) < 4.78 is 41.8. The van der Waals surface area contributed by atoms with Gasteiger partial charge in [0.1, 0.15) is 0 Å². The average Bonchev–Trinajstić information content (AvgIpc) is 3.11. The van der Waals surface area contributed by atoms with Crippen molar-refractivity contribution in [1.82, 2.24) is 24.5 Å². The molecule has 2 aliphatic rings. The number of aliphatic carboxylic acids is 1. The van der Waals surface area contributed by atoms with Crippen molar-refractivity contribution in [3.05, 3.63) is 35.9 Å². The van der Waals surface area contributed by atoms with Gasteiger partial charge in [0.05, 0.1) is 18.5 Å². The molecule has 0 unspecified atom stereocenters. The first-order chi connectivity index (χ1) is 14.6. The Morgan fingerprint density at radius 3 is 2.19 bits per heavy atom. The van der Waals surface area contributed by atoms with Crippen LogP contribution in [0.3, 0.4) is 0 Å². The maximum atomic E-state index is 10.6. The fourth-order valence-electron chi connectivity index (χ4n) is 3.69. The van der Waals surface area contributed by atoms with Crippen molar-refractivity contribution >= 4 is 5.97 Å². The molecule has 4 rings (SSSR count). The number of halogens is 3. The van der Waals surface area contributed by atoms with Gasteiger partial charge >= 0.3 is 12.1 Å². The van der Waals surface area contributed by atoms with Crippen LogP contribution in [0.1, 0.15) is 30.4 Å². The number of carboxylic acids is 1. The van der Waals surface area contributed by atoms with E-state index in [-0.39, 0.29) is 0 Å². The smallest absolute Gasteiger partial charge is 0.475 e. The third kappa shape index (κ3) is 7.06. The molecule has 2 atom stereocenters. The van der Waals surface area contributed by atoms with Gasteiger partial charge in [0.2, 0.25) is 0 Å². The van der Waals surface area contributed by atoms with E-state index in [0.29, 0.717) is 12.1 Å². The first kappa shape index (κ1) is 23.3. The van der Waals surface area contributed by atoms with Crippen LogP contribution in [0.4, 0.5) is 13.2 Å². The Morgan fingerprint density at radius 1 is 1.13 bits per heavy atom. The van der Waals surface area contributed by atoms with Crippen molar-refractivity contribution in [2.75, 3.05) is 13.2 Å². The summed E-state index contributed by atoms with van der Waals surface area (Å²) in [6.07, 6.45) is 8.26. The van der Waals surface area contributed by atoms with Crippen LogP contribution < -0.4 is 0 Å². The number of hydrogen-bond acceptors (Lipinski definition) is 5. The molecule has 3 heterocycles. The monoisotopic (exact) mass is 443 g/mol. The number of aryl methyl sites for hydroxylation is 2. The molecule has 8 nitrogen and oxygen atoms in total. The fraction of sp³-hybridized carbons (Fsp3) is 0.650. The second-order valence-electron chi connectivity index (χ2n) is 8.19. The molecular formula is C20H28F3N5O3. The molecule has 2 aromatic heterocycles. The molecule has 2 fully saturated rings. The molecule has 172 valence electrons. The van der Waals surface area contributed by atoms with E-state index < -0.39 is 12.1 Å². The minimum absolute atomic E-state index is 0.336. The Labute approximate surface area is 178 Å². The van der Waals surface area contributed by atoms with Gasteiger partial charge in [0.25, 0.3) is 0 Å². The third-order valence-corrected chi connectivity index (χ3v) is 5.43. The predicted molar refractivity (Wildman–Crippen MR) is 105 cm³/mol. The van der Waals surface area contributed by atoms with Gasteiger partial charge in [0.15, 0.2) is 0 Å². The van der Waals surface area contributed by atoms with Crippen molar-refractivity contribution in [3.8, 4) is 0 Å². The topological polar surface area (TPSA) is 85.4 Å². The lowest BCUT2D eigenvalue weighted by molar-refractivity contribution is -0.192. The molecule has 1 aliphatic heterocycles. The van der Waals surface area contributed by atoms with Crippen molar-refractivity contribution in [1.29, 1.82) is 0 Å². The third-order valence-electron chi connectivity index (χ3n) is 5.43. The van der Waals surface area contributed by atoms with Gasteiger partial charge in [-0.3, -0.25) is 14.3 Å². The van der Waals surface area contributed by atoms with Gasteiger partial charge in [0, 0.05) is 57.8 Å². The molecule has 0 bridgehead atoms. The zero-order valence-corrected chi connectivity index (χ0v) is 17.6. The van der Waals surface area contributed by atoms with E-state index in [0.717, 1.165) is 38.5 Å². The van der Waals surface area contributed by atoms with Crippen LogP contribution in [0, 0.1) is 5.92 Å². The van der Waals surface area contributed by atoms with Gasteiger partial charge in [-0.1, -0.05) is 0 Å². The Hall–Kier alpha value is -2.40. The minimum Gasteiger partial charge on any atom is -0.475 e. The number of ether oxygens (including phenoxy) is 1. The van der Waals surface area contributed by atoms with E-state index in [1.807, 2.05) is 35.9 Å². The highest BCUT2D eigenvalue weighted by molar-refractivity contribution is 5.73. The van der Waals surface area contributed by atoms with E-state index in [2.05, 4.69) is 27.5 Å². The number of hydrogen-bond donors (Lipinski definition) is 1. The van der Waals surface area contributed by atoms with E-state index in [1.165, 1.54) is 24.0 Å². The summed E-state index contributed by atoms with van der Waals surface area (Å²) in [6.45, 7) is 2.98. The zero-order valence-electron chi connectivity index (χ0n) is 17.6. The molecule has 1 saturated carbocycles. The second-order valence-corrected chi connectivity index (χ2v) is 8.19. The quantitative estimate of drug-likeness (QED) is 0.708. The maximum Gasteiger partial charge on any atom is 0.490 e. The number of likely N-dealkylation sites (tertiary alicyclic amines) is 1. The lowest BCUT2D eigenvalue weighted by Gasteiger charge is -2.27. The molecule has 0 spiro atoms. The summed E-state index contributed by atoms with van der Waals surface area (Å²) in [5.41, 5.74) is 2.57. The first-order valence-corrected chi connectivity index (χ1v) is 10.2. The van der Waals surface area contributed by atoms with Crippen LogP contribution in [-0.4, -0.2) is 67.0 Å². The summed E-state index contributed by atoms with van der Waals surface area (Å²) in [5, 5.41) is 15.8. The van der Waals surface area contributed by atoms with Crippen LogP contribution in [-0.2, 0) is 36.6 Å². The number of carbonyl (C=O) groups is 1. The maximum absolute atomic E-state index is 10.6. The number of alkyl halides is 3. The Balaban J connectivity index is 0.000000339. The van der Waals surface area contributed by atoms with Crippen molar-refractivity contribution in [3.63, 3.8) is 0 Å². The Kier molecular flexibility index (Phi) is 7.37. The Morgan fingerprint density at radius 2 is 1.71 bits per heavy atom. The van der Waals surface area contributed by atoms with E-state index in [1.54, 1.807) is 0 Å². The summed E-state index contributed by atoms with van der Waals surface area (Å²) in [4.78, 5) is 11.5. The number of carboxylic acid groups (broad SMARTS) is 1. The van der Waals surface area contributed by atoms with Crippen LogP contribution in [0.5, 0.6) is 0 Å². The summed E-state index contributed by atoms with van der Waals surface area (Å²) in [7, 11) is 3.95. The standard InChI is InChI=1S/C18H27N5O.C2HF3O2/c1-21-10-15(8-19-21)7-17-18(24-13-14-3-4-14)5-6-23(17)12-16-9-20-22(2)11-16;3-2(4,5)1(6)7/h8-11,14,17-18H,3-7,12-13H2,1-2H3;(H,6,7)/t17-,18+;/m0./s1. The zero-order chi connectivity index (χ0) is 22.6. The van der Waals surface area contributed by atoms with Gasteiger partial charge < -0.3 is 9.84 Å². The van der Waals surface area contributed by atoms with Crippen LogP contribution in [0.15, 0.2) is 24.8 Å². The van der Waals surface area contributed by atoms with Crippen LogP contribution >= 0.6 is 0 Å². The minimum atomic E-state index is -5.08. The molecule has 11 heteroatoms. The van der Waals surface area contributed by atoms with E-state index >= 15 is 0 Å². The molecular weight excluding hydrogens is 415 g/mol. The van der Waals surface area contributed by atoms with Crippen molar-refractivity contribution < 1.29 is 27.8 Å². The van der Waals surface area contributed by atoms with Gasteiger partial charge in [-0.05, 0) is 37.2 Å². The van der Waals surface area contributed by atoms with Crippen molar-refractivity contribution in [2.24, 2.45) is 20.0 Å². The highest BCUT2D eigenvalue weighted by Crippen LogP contribution is 2.32. The first-order valence-electron chi connectivity index (χ1n) is 10.2. The van der Waals surface area contributed by atoms with E-state index in [4.69, 9.17) is 14.6 Å². The number of rotatable bonds is 7. The summed E-state index contributed by atoms with van der Waals surface area (Å²) in [5.74, 6) is -1.94. The lowest BCUT2D eigenvalue weighted by Crippen LogP contribution is -2.38. The molecule has 0 amide bonds. The second kappa shape index (κ2) is 9.82. The lowest BCUT2D eigenvalue weighted by atomic mass is 10.0. The Bertz CT molecular complexity index is 862. The van der Waals surface area contributed by atoms with E-state index in [9.17, 15) is 13.2 Å². The molecule has 2 aromatic rings. The van der Waals surface area contributed by atoms with Gasteiger partial charge in [-0.25, -0.2) is 4.79 Å². The highest BCUT2D eigenvalue weighted by atomic mass is 19.4. The van der Waals surface area contributed by atoms with Crippen LogP contribution in [0.2, 0.25) is 0 Å². The normalized spacial score (nSPS) is 21.7. The molecule has 1 saturated heterocycles. The fourth-order valence-corrected chi connectivity index (χ4v) is 3.69. The van der Waals surface area contributed by atoms with Gasteiger partial charge in [-0.2, -0.15) is 23.4 Å². The van der Waals surface area contributed by atoms with Crippen molar-refractivity contribution in [2.45, 2.75) is 50.6 Å². The SMILES string of the molecule is Cn1cc(C[C@H]2[C@H](OCC3CC3)CCN2Cc2cnn(C)c2)cn1.O=C(O)C(F)(F)F. The predicted octanol–water partition coefficient (Wildman–Crippen LogP) is 2.40. The average molecular weight is 443 g/mol. The molecule has 1 aliphatic carbocycles. The number of aromatic nitrogens is 4. The molecule has 0 radical (unpaired) electrons.